The first-order valence-corrected chi connectivity index (χ1v) is 6.13. The van der Waals surface area contributed by atoms with Gasteiger partial charge in [-0.1, -0.05) is 0 Å². The number of fused-ring (bicyclic) bond motifs is 1. The Bertz CT molecular complexity index is 852. The number of rotatable bonds is 3. The van der Waals surface area contributed by atoms with Crippen molar-refractivity contribution in [2.75, 3.05) is 5.73 Å². The van der Waals surface area contributed by atoms with E-state index in [1.807, 2.05) is 6.07 Å². The first-order chi connectivity index (χ1) is 10.2. The fourth-order valence-corrected chi connectivity index (χ4v) is 1.88. The molecule has 0 atom stereocenters. The van der Waals surface area contributed by atoms with Crippen molar-refractivity contribution in [3.63, 3.8) is 0 Å². The molecule has 0 unspecified atom stereocenters. The van der Waals surface area contributed by atoms with E-state index in [0.29, 0.717) is 22.7 Å². The number of ether oxygens (including phenoxy) is 1. The molecule has 0 fully saturated rings. The molecule has 0 spiro atoms. The van der Waals surface area contributed by atoms with Gasteiger partial charge in [0.1, 0.15) is 5.52 Å². The minimum Gasteiger partial charge on any atom is -0.481 e. The SMILES string of the molecule is N#Cc1ccc(OCc2nc3cc(N)ccc3o2)c(F)c1. The molecule has 0 amide bonds. The summed E-state index contributed by atoms with van der Waals surface area (Å²) in [6.07, 6.45) is 0. The number of nitrogens with zero attached hydrogens (tertiary/aromatic N) is 2. The van der Waals surface area contributed by atoms with Gasteiger partial charge in [0.2, 0.25) is 5.89 Å². The molecule has 2 aromatic carbocycles. The van der Waals surface area contributed by atoms with Crippen LogP contribution in [-0.4, -0.2) is 4.98 Å². The second-order valence-electron chi connectivity index (χ2n) is 4.38. The molecule has 0 aliphatic carbocycles. The molecule has 3 aromatic rings. The van der Waals surface area contributed by atoms with Crippen LogP contribution in [0, 0.1) is 17.1 Å². The molecule has 0 aliphatic heterocycles. The van der Waals surface area contributed by atoms with Gasteiger partial charge < -0.3 is 14.9 Å². The van der Waals surface area contributed by atoms with Crippen molar-refractivity contribution < 1.29 is 13.5 Å². The molecular formula is C15H10FN3O2. The first-order valence-electron chi connectivity index (χ1n) is 6.13. The lowest BCUT2D eigenvalue weighted by Crippen LogP contribution is -1.97. The highest BCUT2D eigenvalue weighted by molar-refractivity contribution is 5.76. The van der Waals surface area contributed by atoms with Crippen LogP contribution in [0.1, 0.15) is 11.5 Å². The van der Waals surface area contributed by atoms with E-state index < -0.39 is 5.82 Å². The third-order valence-corrected chi connectivity index (χ3v) is 2.87. The number of nitriles is 1. The van der Waals surface area contributed by atoms with Crippen molar-refractivity contribution in [2.45, 2.75) is 6.61 Å². The maximum Gasteiger partial charge on any atom is 0.233 e. The quantitative estimate of drug-likeness (QED) is 0.747. The van der Waals surface area contributed by atoms with Gasteiger partial charge in [-0.05, 0) is 36.4 Å². The normalized spacial score (nSPS) is 10.5. The highest BCUT2D eigenvalue weighted by Crippen LogP contribution is 2.22. The Morgan fingerprint density at radius 1 is 1.29 bits per heavy atom. The summed E-state index contributed by atoms with van der Waals surface area (Å²) in [5, 5.41) is 8.67. The van der Waals surface area contributed by atoms with Crippen molar-refractivity contribution in [1.82, 2.24) is 4.98 Å². The molecular weight excluding hydrogens is 273 g/mol. The second kappa shape index (κ2) is 5.13. The van der Waals surface area contributed by atoms with Crippen molar-refractivity contribution in [3.05, 3.63) is 53.7 Å². The van der Waals surface area contributed by atoms with E-state index in [1.165, 1.54) is 12.1 Å². The molecule has 21 heavy (non-hydrogen) atoms. The minimum atomic E-state index is -0.602. The predicted octanol–water partition coefficient (Wildman–Crippen LogP) is 3.00. The highest BCUT2D eigenvalue weighted by Gasteiger charge is 2.09. The monoisotopic (exact) mass is 283 g/mol. The summed E-state index contributed by atoms with van der Waals surface area (Å²) in [6, 6.07) is 10.9. The van der Waals surface area contributed by atoms with Crippen LogP contribution >= 0.6 is 0 Å². The van der Waals surface area contributed by atoms with Gasteiger partial charge in [0.15, 0.2) is 23.8 Å². The topological polar surface area (TPSA) is 85.1 Å². The number of anilines is 1. The summed E-state index contributed by atoms with van der Waals surface area (Å²) in [7, 11) is 0. The predicted molar refractivity (Wildman–Crippen MR) is 73.9 cm³/mol. The lowest BCUT2D eigenvalue weighted by molar-refractivity contribution is 0.255. The van der Waals surface area contributed by atoms with Gasteiger partial charge in [-0.3, -0.25) is 0 Å². The van der Waals surface area contributed by atoms with Gasteiger partial charge in [-0.2, -0.15) is 5.26 Å². The van der Waals surface area contributed by atoms with Crippen LogP contribution < -0.4 is 10.5 Å². The third-order valence-electron chi connectivity index (χ3n) is 2.87. The Labute approximate surface area is 119 Å². The second-order valence-corrected chi connectivity index (χ2v) is 4.38. The van der Waals surface area contributed by atoms with Crippen LogP contribution in [0.25, 0.3) is 11.1 Å². The number of oxazole rings is 1. The molecule has 2 N–H and O–H groups in total. The summed E-state index contributed by atoms with van der Waals surface area (Å²) >= 11 is 0. The molecule has 0 saturated carbocycles. The van der Waals surface area contributed by atoms with E-state index in [2.05, 4.69) is 4.98 Å². The van der Waals surface area contributed by atoms with Gasteiger partial charge >= 0.3 is 0 Å². The minimum absolute atomic E-state index is 0.0165. The number of aromatic nitrogens is 1. The Hall–Kier alpha value is -3.07. The molecule has 0 bridgehead atoms. The van der Waals surface area contributed by atoms with Crippen LogP contribution in [0.5, 0.6) is 5.75 Å². The van der Waals surface area contributed by atoms with E-state index in [-0.39, 0.29) is 17.9 Å². The van der Waals surface area contributed by atoms with E-state index in [1.54, 1.807) is 18.2 Å². The molecule has 0 saturated heterocycles. The molecule has 3 rings (SSSR count). The van der Waals surface area contributed by atoms with Crippen LogP contribution in [0.15, 0.2) is 40.8 Å². The Kier molecular flexibility index (Phi) is 3.16. The van der Waals surface area contributed by atoms with E-state index in [4.69, 9.17) is 20.1 Å². The van der Waals surface area contributed by atoms with E-state index >= 15 is 0 Å². The maximum absolute atomic E-state index is 13.7. The number of halogens is 1. The van der Waals surface area contributed by atoms with Crippen LogP contribution in [0.4, 0.5) is 10.1 Å². The highest BCUT2D eigenvalue weighted by atomic mass is 19.1. The lowest BCUT2D eigenvalue weighted by Gasteiger charge is -2.04. The smallest absolute Gasteiger partial charge is 0.233 e. The molecule has 5 nitrogen and oxygen atoms in total. The first kappa shape index (κ1) is 12.9. The third kappa shape index (κ3) is 2.62. The van der Waals surface area contributed by atoms with Gasteiger partial charge in [0.05, 0.1) is 11.6 Å². The standard InChI is InChI=1S/C15H10FN3O2/c16-11-5-9(7-17)1-3-13(11)20-8-15-19-12-6-10(18)2-4-14(12)21-15/h1-6H,8,18H2. The van der Waals surface area contributed by atoms with E-state index in [0.717, 1.165) is 6.07 Å². The Morgan fingerprint density at radius 2 is 2.14 bits per heavy atom. The van der Waals surface area contributed by atoms with Crippen LogP contribution in [-0.2, 0) is 6.61 Å². The molecule has 0 aliphatic rings. The average Bonchev–Trinajstić information content (AvgIpc) is 2.87. The fourth-order valence-electron chi connectivity index (χ4n) is 1.88. The molecule has 1 aromatic heterocycles. The van der Waals surface area contributed by atoms with Gasteiger partial charge in [-0.25, -0.2) is 9.37 Å². The van der Waals surface area contributed by atoms with Crippen molar-refractivity contribution in [1.29, 1.82) is 5.26 Å². The lowest BCUT2D eigenvalue weighted by atomic mass is 10.2. The zero-order valence-corrected chi connectivity index (χ0v) is 10.8. The molecule has 1 heterocycles. The molecule has 0 radical (unpaired) electrons. The summed E-state index contributed by atoms with van der Waals surface area (Å²) in [5.41, 5.74) is 7.68. The molecule has 6 heteroatoms. The molecule has 104 valence electrons. The fraction of sp³-hybridized carbons (Fsp3) is 0.0667. The largest absolute Gasteiger partial charge is 0.481 e. The van der Waals surface area contributed by atoms with Crippen molar-refractivity contribution in [3.8, 4) is 11.8 Å². The zero-order valence-electron chi connectivity index (χ0n) is 10.8. The number of nitrogen functional groups attached to an aromatic ring is 1. The summed E-state index contributed by atoms with van der Waals surface area (Å²) in [6.45, 7) is -0.0165. The zero-order chi connectivity index (χ0) is 14.8. The van der Waals surface area contributed by atoms with Gasteiger partial charge in [0, 0.05) is 5.69 Å². The summed E-state index contributed by atoms with van der Waals surface area (Å²) < 4.78 is 24.4. The van der Waals surface area contributed by atoms with Crippen LogP contribution in [0.2, 0.25) is 0 Å². The summed E-state index contributed by atoms with van der Waals surface area (Å²) in [4.78, 5) is 4.21. The number of hydrogen-bond donors (Lipinski definition) is 1. The number of nitrogens with two attached hydrogens (primary N) is 1. The van der Waals surface area contributed by atoms with Crippen LogP contribution in [0.3, 0.4) is 0 Å². The number of benzene rings is 2. The average molecular weight is 283 g/mol. The Balaban J connectivity index is 1.78. The van der Waals surface area contributed by atoms with Crippen molar-refractivity contribution >= 4 is 16.8 Å². The maximum atomic E-state index is 13.7. The van der Waals surface area contributed by atoms with Gasteiger partial charge in [-0.15, -0.1) is 0 Å². The van der Waals surface area contributed by atoms with Crippen molar-refractivity contribution in [2.24, 2.45) is 0 Å². The number of hydrogen-bond acceptors (Lipinski definition) is 5. The van der Waals surface area contributed by atoms with Gasteiger partial charge in [0.25, 0.3) is 0 Å². The Morgan fingerprint density at radius 3 is 2.90 bits per heavy atom. The van der Waals surface area contributed by atoms with E-state index in [9.17, 15) is 4.39 Å². The summed E-state index contributed by atoms with van der Waals surface area (Å²) in [5.74, 6) is -0.246.